The number of benzene rings is 1. The Kier molecular flexibility index (Phi) is 10.8. The molecule has 0 saturated carbocycles. The maximum Gasteiger partial charge on any atom is 0.330 e. The molecule has 0 bridgehead atoms. The molecule has 1 aliphatic heterocycles. The van der Waals surface area contributed by atoms with Gasteiger partial charge >= 0.3 is 11.7 Å². The van der Waals surface area contributed by atoms with Crippen LogP contribution in [0.4, 0.5) is 4.39 Å². The highest BCUT2D eigenvalue weighted by atomic mass is 35.5. The molecule has 226 valence electrons. The van der Waals surface area contributed by atoms with E-state index in [2.05, 4.69) is 10.3 Å². The van der Waals surface area contributed by atoms with Gasteiger partial charge in [0.15, 0.2) is 24.6 Å². The summed E-state index contributed by atoms with van der Waals surface area (Å²) >= 11 is 12.2. The maximum absolute atomic E-state index is 15.8. The number of amides is 1. The Morgan fingerprint density at radius 1 is 1.20 bits per heavy atom. The molecule has 6 atom stereocenters. The van der Waals surface area contributed by atoms with Crippen molar-refractivity contribution in [3.05, 3.63) is 54.8 Å². The molecule has 1 saturated heterocycles. The number of rotatable bonds is 11. The topological polar surface area (TPSA) is 164 Å². The summed E-state index contributed by atoms with van der Waals surface area (Å²) in [5, 5.41) is 2.97. The first-order valence-electron chi connectivity index (χ1n) is 12.9. The number of ether oxygens (including phenoxy) is 4. The standard InChI is InChI=1S/C26H33Cl2FN4O8/c1-6-13-10-33(26(37)32-23(13)35)24-19(29)21(41-25(36)20(30)11(2)3)18(40-24)9-31-22(34)12(4)39-17-8-16(38-5)14(27)7-15(17)28/h7-8,10-12,18-21,24H,6,9,30H2,1-5H3,(H,31,34)(H,32,35,37)/t12-,18-,19-,20+,21-,24+/m0/s1. The van der Waals surface area contributed by atoms with Crippen LogP contribution in [0.3, 0.4) is 0 Å². The molecule has 41 heavy (non-hydrogen) atoms. The molecule has 1 aromatic heterocycles. The van der Waals surface area contributed by atoms with E-state index >= 15 is 4.39 Å². The van der Waals surface area contributed by atoms with E-state index in [0.29, 0.717) is 0 Å². The average molecular weight is 619 g/mol. The smallest absolute Gasteiger partial charge is 0.330 e. The minimum absolute atomic E-state index is 0.134. The lowest BCUT2D eigenvalue weighted by Gasteiger charge is -2.23. The van der Waals surface area contributed by atoms with E-state index in [9.17, 15) is 19.2 Å². The predicted molar refractivity (Wildman–Crippen MR) is 148 cm³/mol. The molecule has 4 N–H and O–H groups in total. The van der Waals surface area contributed by atoms with Crippen molar-refractivity contribution < 1.29 is 32.9 Å². The first kappa shape index (κ1) is 32.4. The van der Waals surface area contributed by atoms with Crippen LogP contribution in [0, 0.1) is 5.92 Å². The molecule has 2 heterocycles. The van der Waals surface area contributed by atoms with Crippen LogP contribution in [0.25, 0.3) is 0 Å². The zero-order valence-corrected chi connectivity index (χ0v) is 24.6. The number of esters is 1. The molecule has 1 aromatic carbocycles. The van der Waals surface area contributed by atoms with Crippen LogP contribution in [-0.2, 0) is 25.5 Å². The summed E-state index contributed by atoms with van der Waals surface area (Å²) in [4.78, 5) is 52.1. The van der Waals surface area contributed by atoms with Crippen molar-refractivity contribution in [2.24, 2.45) is 11.7 Å². The Morgan fingerprint density at radius 3 is 2.46 bits per heavy atom. The molecule has 0 unspecified atom stereocenters. The average Bonchev–Trinajstić information content (AvgIpc) is 3.22. The van der Waals surface area contributed by atoms with Gasteiger partial charge in [-0.15, -0.1) is 0 Å². The van der Waals surface area contributed by atoms with Crippen molar-refractivity contribution in [1.82, 2.24) is 14.9 Å². The number of aromatic amines is 1. The minimum atomic E-state index is -2.04. The third-order valence-corrected chi connectivity index (χ3v) is 7.15. The number of aromatic nitrogens is 2. The number of nitrogens with one attached hydrogen (secondary N) is 2. The molecule has 2 aromatic rings. The van der Waals surface area contributed by atoms with Gasteiger partial charge in [0.2, 0.25) is 0 Å². The maximum atomic E-state index is 15.8. The van der Waals surface area contributed by atoms with E-state index in [-0.39, 0.29) is 46.0 Å². The lowest BCUT2D eigenvalue weighted by Crippen LogP contribution is -2.47. The largest absolute Gasteiger partial charge is 0.495 e. The third kappa shape index (κ3) is 7.39. The van der Waals surface area contributed by atoms with E-state index in [1.807, 2.05) is 0 Å². The second kappa shape index (κ2) is 13.7. The van der Waals surface area contributed by atoms with Gasteiger partial charge in [-0.2, -0.15) is 0 Å². The summed E-state index contributed by atoms with van der Waals surface area (Å²) in [6, 6.07) is 1.78. The fraction of sp³-hybridized carbons (Fsp3) is 0.538. The van der Waals surface area contributed by atoms with Gasteiger partial charge in [0.1, 0.15) is 23.6 Å². The monoisotopic (exact) mass is 618 g/mol. The van der Waals surface area contributed by atoms with Crippen molar-refractivity contribution in [3.63, 3.8) is 0 Å². The lowest BCUT2D eigenvalue weighted by molar-refractivity contribution is -0.156. The van der Waals surface area contributed by atoms with Gasteiger partial charge in [-0.1, -0.05) is 44.0 Å². The quantitative estimate of drug-likeness (QED) is 0.320. The molecule has 1 fully saturated rings. The van der Waals surface area contributed by atoms with E-state index in [4.69, 9.17) is 47.9 Å². The van der Waals surface area contributed by atoms with E-state index in [1.165, 1.54) is 32.4 Å². The zero-order chi connectivity index (χ0) is 30.6. The van der Waals surface area contributed by atoms with Gasteiger partial charge in [0.25, 0.3) is 11.5 Å². The molecule has 0 radical (unpaired) electrons. The van der Waals surface area contributed by atoms with E-state index in [1.54, 1.807) is 20.8 Å². The van der Waals surface area contributed by atoms with Crippen LogP contribution < -0.4 is 31.8 Å². The summed E-state index contributed by atoms with van der Waals surface area (Å²) in [7, 11) is 1.41. The van der Waals surface area contributed by atoms with Crippen LogP contribution in [0.5, 0.6) is 11.5 Å². The lowest BCUT2D eigenvalue weighted by atomic mass is 10.1. The third-order valence-electron chi connectivity index (χ3n) is 6.56. The molecule has 15 heteroatoms. The zero-order valence-electron chi connectivity index (χ0n) is 23.1. The summed E-state index contributed by atoms with van der Waals surface area (Å²) < 4.78 is 38.6. The van der Waals surface area contributed by atoms with Crippen LogP contribution in [0.15, 0.2) is 27.9 Å². The number of hydrogen-bond acceptors (Lipinski definition) is 9. The number of H-pyrrole nitrogens is 1. The van der Waals surface area contributed by atoms with Crippen molar-refractivity contribution in [1.29, 1.82) is 0 Å². The van der Waals surface area contributed by atoms with Gasteiger partial charge in [0.05, 0.1) is 17.2 Å². The molecule has 1 aliphatic rings. The van der Waals surface area contributed by atoms with Crippen molar-refractivity contribution >= 4 is 35.1 Å². The summed E-state index contributed by atoms with van der Waals surface area (Å²) in [5.41, 5.74) is 4.58. The molecule has 1 amide bonds. The second-order valence-electron chi connectivity index (χ2n) is 9.78. The molecule has 3 rings (SSSR count). The highest BCUT2D eigenvalue weighted by Gasteiger charge is 2.49. The summed E-state index contributed by atoms with van der Waals surface area (Å²) in [6.45, 7) is 6.21. The molecular formula is C26H33Cl2FN4O8. The normalized spacial score (nSPS) is 21.8. The number of hydrogen-bond donors (Lipinski definition) is 3. The van der Waals surface area contributed by atoms with Gasteiger partial charge in [-0.3, -0.25) is 23.9 Å². The van der Waals surface area contributed by atoms with Crippen molar-refractivity contribution in [2.75, 3.05) is 13.7 Å². The van der Waals surface area contributed by atoms with Crippen LogP contribution in [0.1, 0.15) is 39.5 Å². The molecule has 0 spiro atoms. The van der Waals surface area contributed by atoms with Gasteiger partial charge in [-0.25, -0.2) is 9.18 Å². The van der Waals surface area contributed by atoms with Crippen molar-refractivity contribution in [2.45, 2.75) is 70.9 Å². The van der Waals surface area contributed by atoms with E-state index in [0.717, 1.165) is 4.57 Å². The number of carbonyl (C=O) groups excluding carboxylic acids is 2. The van der Waals surface area contributed by atoms with Crippen LogP contribution in [0.2, 0.25) is 10.0 Å². The fourth-order valence-electron chi connectivity index (χ4n) is 4.02. The molecular weight excluding hydrogens is 586 g/mol. The number of carbonyl (C=O) groups is 2. The van der Waals surface area contributed by atoms with Gasteiger partial charge in [-0.05, 0) is 25.3 Å². The number of halogens is 3. The van der Waals surface area contributed by atoms with Crippen LogP contribution in [-0.4, -0.2) is 65.6 Å². The van der Waals surface area contributed by atoms with Gasteiger partial charge in [0, 0.05) is 24.4 Å². The number of nitrogens with zero attached hydrogens (tertiary/aromatic N) is 1. The number of methoxy groups -OCH3 is 1. The number of nitrogens with two attached hydrogens (primary N) is 1. The Balaban J connectivity index is 1.80. The Labute approximate surface area is 245 Å². The first-order valence-corrected chi connectivity index (χ1v) is 13.6. The number of aryl methyl sites for hydroxylation is 1. The highest BCUT2D eigenvalue weighted by molar-refractivity contribution is 6.36. The Bertz CT molecular complexity index is 1380. The summed E-state index contributed by atoms with van der Waals surface area (Å²) in [5.74, 6) is -1.39. The second-order valence-corrected chi connectivity index (χ2v) is 10.6. The van der Waals surface area contributed by atoms with Crippen LogP contribution >= 0.6 is 23.2 Å². The molecule has 0 aliphatic carbocycles. The highest BCUT2D eigenvalue weighted by Crippen LogP contribution is 2.36. The minimum Gasteiger partial charge on any atom is -0.495 e. The fourth-order valence-corrected chi connectivity index (χ4v) is 4.53. The first-order chi connectivity index (χ1) is 19.3. The molecule has 12 nitrogen and oxygen atoms in total. The van der Waals surface area contributed by atoms with Gasteiger partial charge < -0.3 is 30.0 Å². The Morgan fingerprint density at radius 2 is 1.85 bits per heavy atom. The Hall–Kier alpha value is -3.13. The number of alkyl halides is 1. The van der Waals surface area contributed by atoms with E-state index < -0.39 is 59.9 Å². The predicted octanol–water partition coefficient (Wildman–Crippen LogP) is 2.13. The summed E-state index contributed by atoms with van der Waals surface area (Å²) in [6.07, 6.45) is -5.98. The SMILES string of the molecule is CCc1cn([C@@H]2O[C@@H](CNC(=O)[C@H](C)Oc3cc(OC)c(Cl)cc3Cl)[C@H](OC(=O)[C@H](N)C(C)C)[C@@H]2F)c(=O)[nH]c1=O. The van der Waals surface area contributed by atoms with Crippen molar-refractivity contribution in [3.8, 4) is 11.5 Å².